The van der Waals surface area contributed by atoms with Crippen LogP contribution in [0.1, 0.15) is 54.1 Å². The number of carbonyl (C=O) groups is 1. The first-order valence-electron chi connectivity index (χ1n) is 10.0. The Bertz CT molecular complexity index is 1030. The smallest absolute Gasteiger partial charge is 0.249 e. The Morgan fingerprint density at radius 2 is 1.77 bits per heavy atom. The monoisotopic (exact) mass is 409 g/mol. The molecule has 0 fully saturated rings. The number of nitrogens with two attached hydrogens (primary N) is 1. The molecule has 0 saturated heterocycles. The number of rotatable bonds is 3. The summed E-state index contributed by atoms with van der Waals surface area (Å²) in [5.41, 5.74) is 8.81. The molecule has 4 N–H and O–H groups in total. The zero-order valence-electron chi connectivity index (χ0n) is 17.0. The second kappa shape index (κ2) is 9.03. The third-order valence-corrected chi connectivity index (χ3v) is 5.31. The molecule has 4 rings (SSSR count). The van der Waals surface area contributed by atoms with E-state index in [-0.39, 0.29) is 29.0 Å². The molecule has 0 aromatic heterocycles. The summed E-state index contributed by atoms with van der Waals surface area (Å²) < 4.78 is 27.0. The molecule has 0 bridgehead atoms. The summed E-state index contributed by atoms with van der Waals surface area (Å²) in [4.78, 5) is 11.9. The maximum absolute atomic E-state index is 13.5. The van der Waals surface area contributed by atoms with Crippen molar-refractivity contribution in [1.29, 1.82) is 5.41 Å². The molecule has 1 heterocycles. The number of anilines is 1. The summed E-state index contributed by atoms with van der Waals surface area (Å²) >= 11 is 0. The van der Waals surface area contributed by atoms with E-state index in [4.69, 9.17) is 11.1 Å². The lowest BCUT2D eigenvalue weighted by Gasteiger charge is -2.38. The Balaban J connectivity index is 0.00000124. The van der Waals surface area contributed by atoms with Gasteiger partial charge in [-0.25, -0.2) is 8.78 Å². The molecule has 1 amide bonds. The number of halogens is 2. The van der Waals surface area contributed by atoms with Crippen LogP contribution in [0, 0.1) is 11.2 Å². The molecule has 30 heavy (non-hydrogen) atoms. The van der Waals surface area contributed by atoms with Gasteiger partial charge in [0.25, 0.3) is 0 Å². The van der Waals surface area contributed by atoms with Crippen molar-refractivity contribution in [2.24, 2.45) is 5.73 Å². The molecule has 0 spiro atoms. The minimum Gasteiger partial charge on any atom is -0.377 e. The van der Waals surface area contributed by atoms with Crippen LogP contribution in [0.2, 0.25) is 0 Å². The average Bonchev–Trinajstić information content (AvgIpc) is 2.76. The van der Waals surface area contributed by atoms with Gasteiger partial charge in [-0.05, 0) is 47.9 Å². The lowest BCUT2D eigenvalue weighted by Crippen LogP contribution is -2.40. The Labute approximate surface area is 175 Å². The standard InChI is InChI=1S/C22H19F2N3O.C2H6/c23-14-8-4-12(5-9-14)18-20(25)19-16(22(26)28)2-1-3-17(19)27-21(18)13-6-10-15(24)11-7-13;1-2/h1-6,8-10,18,21,25,27H,7,11H2,(H2,26,28);1-2H3. The molecule has 2 atom stereocenters. The van der Waals surface area contributed by atoms with Crippen molar-refractivity contribution in [3.8, 4) is 0 Å². The van der Waals surface area contributed by atoms with Crippen LogP contribution in [-0.2, 0) is 0 Å². The van der Waals surface area contributed by atoms with Gasteiger partial charge in [0.2, 0.25) is 5.91 Å². The summed E-state index contributed by atoms with van der Waals surface area (Å²) in [6.07, 6.45) is 4.02. The van der Waals surface area contributed by atoms with Gasteiger partial charge in [0.15, 0.2) is 0 Å². The number of hydrogen-bond acceptors (Lipinski definition) is 3. The lowest BCUT2D eigenvalue weighted by molar-refractivity contribution is 0.1000. The van der Waals surface area contributed by atoms with E-state index >= 15 is 0 Å². The van der Waals surface area contributed by atoms with E-state index < -0.39 is 11.8 Å². The van der Waals surface area contributed by atoms with Gasteiger partial charge in [0.05, 0.1) is 23.2 Å². The zero-order chi connectivity index (χ0) is 21.8. The van der Waals surface area contributed by atoms with E-state index in [2.05, 4.69) is 5.32 Å². The summed E-state index contributed by atoms with van der Waals surface area (Å²) in [6.45, 7) is 4.00. The molecule has 2 aliphatic rings. The van der Waals surface area contributed by atoms with Crippen LogP contribution in [0.4, 0.5) is 14.5 Å². The first kappa shape index (κ1) is 21.4. The van der Waals surface area contributed by atoms with Gasteiger partial charge in [-0.15, -0.1) is 0 Å². The molecule has 1 aliphatic heterocycles. The summed E-state index contributed by atoms with van der Waals surface area (Å²) in [7, 11) is 0. The van der Waals surface area contributed by atoms with E-state index in [9.17, 15) is 13.6 Å². The van der Waals surface area contributed by atoms with Crippen molar-refractivity contribution in [3.05, 3.63) is 88.5 Å². The summed E-state index contributed by atoms with van der Waals surface area (Å²) in [6, 6.07) is 10.8. The third kappa shape index (κ3) is 4.03. The fraction of sp³-hybridized carbons (Fsp3) is 0.250. The van der Waals surface area contributed by atoms with Crippen LogP contribution in [0.3, 0.4) is 0 Å². The molecule has 0 radical (unpaired) electrons. The first-order valence-corrected chi connectivity index (χ1v) is 10.0. The summed E-state index contributed by atoms with van der Waals surface area (Å²) in [5, 5.41) is 12.3. The highest BCUT2D eigenvalue weighted by Gasteiger charge is 2.37. The normalized spacial score (nSPS) is 20.1. The van der Waals surface area contributed by atoms with Crippen molar-refractivity contribution in [2.75, 3.05) is 5.32 Å². The topological polar surface area (TPSA) is 79.0 Å². The largest absolute Gasteiger partial charge is 0.377 e. The number of primary amides is 1. The van der Waals surface area contributed by atoms with Gasteiger partial charge in [0.1, 0.15) is 11.6 Å². The fourth-order valence-corrected chi connectivity index (χ4v) is 3.96. The average molecular weight is 409 g/mol. The van der Waals surface area contributed by atoms with Gasteiger partial charge in [-0.1, -0.05) is 38.1 Å². The zero-order valence-corrected chi connectivity index (χ0v) is 17.0. The number of benzene rings is 2. The summed E-state index contributed by atoms with van der Waals surface area (Å²) in [5.74, 6) is -1.61. The number of hydrogen-bond donors (Lipinski definition) is 3. The van der Waals surface area contributed by atoms with Gasteiger partial charge in [-0.2, -0.15) is 0 Å². The fourth-order valence-electron chi connectivity index (χ4n) is 3.96. The molecular weight excluding hydrogens is 384 g/mol. The van der Waals surface area contributed by atoms with Crippen LogP contribution in [0.25, 0.3) is 0 Å². The SMILES string of the molecule is CC.N=C1c2c(cccc2C(N)=O)NC(C2=CC=C(F)CC2)C1c1ccc(F)cc1. The minimum atomic E-state index is -0.610. The first-order chi connectivity index (χ1) is 14.5. The molecule has 6 heteroatoms. The molecule has 2 aromatic rings. The Morgan fingerprint density at radius 1 is 1.07 bits per heavy atom. The molecule has 0 saturated carbocycles. The number of fused-ring (bicyclic) bond motifs is 1. The predicted molar refractivity (Wildman–Crippen MR) is 116 cm³/mol. The highest BCUT2D eigenvalue weighted by Crippen LogP contribution is 2.40. The maximum Gasteiger partial charge on any atom is 0.249 e. The van der Waals surface area contributed by atoms with Crippen LogP contribution in [-0.4, -0.2) is 17.7 Å². The second-order valence-corrected chi connectivity index (χ2v) is 7.01. The Kier molecular flexibility index (Phi) is 6.45. The van der Waals surface area contributed by atoms with Crippen LogP contribution in [0.5, 0.6) is 0 Å². The Morgan fingerprint density at radius 3 is 2.37 bits per heavy atom. The number of carbonyl (C=O) groups excluding carboxylic acids is 1. The second-order valence-electron chi connectivity index (χ2n) is 7.01. The predicted octanol–water partition coefficient (Wildman–Crippen LogP) is 5.47. The van der Waals surface area contributed by atoms with Crippen LogP contribution >= 0.6 is 0 Å². The Hall–Kier alpha value is -3.28. The van der Waals surface area contributed by atoms with Crippen LogP contribution in [0.15, 0.2) is 66.0 Å². The van der Waals surface area contributed by atoms with Crippen molar-refractivity contribution in [2.45, 2.75) is 38.6 Å². The quantitative estimate of drug-likeness (QED) is 0.628. The molecular formula is C24H25F2N3O. The van der Waals surface area contributed by atoms with E-state index in [0.717, 1.165) is 11.1 Å². The van der Waals surface area contributed by atoms with Gasteiger partial charge in [0, 0.05) is 17.7 Å². The van der Waals surface area contributed by atoms with Gasteiger partial charge < -0.3 is 16.5 Å². The minimum absolute atomic E-state index is 0.176. The molecule has 156 valence electrons. The highest BCUT2D eigenvalue weighted by molar-refractivity contribution is 6.16. The van der Waals surface area contributed by atoms with E-state index in [1.165, 1.54) is 18.2 Å². The number of allylic oxidation sites excluding steroid dienone is 3. The highest BCUT2D eigenvalue weighted by atomic mass is 19.1. The van der Waals surface area contributed by atoms with Gasteiger partial charge in [-0.3, -0.25) is 4.79 Å². The van der Waals surface area contributed by atoms with Crippen molar-refractivity contribution in [1.82, 2.24) is 0 Å². The van der Waals surface area contributed by atoms with Crippen molar-refractivity contribution >= 4 is 17.3 Å². The molecule has 4 nitrogen and oxygen atoms in total. The maximum atomic E-state index is 13.5. The van der Waals surface area contributed by atoms with E-state index in [1.807, 2.05) is 13.8 Å². The van der Waals surface area contributed by atoms with E-state index in [1.54, 1.807) is 36.4 Å². The molecule has 1 aliphatic carbocycles. The number of nitrogens with one attached hydrogen (secondary N) is 2. The third-order valence-electron chi connectivity index (χ3n) is 5.31. The van der Waals surface area contributed by atoms with Gasteiger partial charge >= 0.3 is 0 Å². The van der Waals surface area contributed by atoms with Crippen LogP contribution < -0.4 is 11.1 Å². The molecule has 2 aromatic carbocycles. The molecule has 2 unspecified atom stereocenters. The van der Waals surface area contributed by atoms with E-state index in [0.29, 0.717) is 24.1 Å². The lowest BCUT2D eigenvalue weighted by atomic mass is 9.75. The number of amides is 1. The van der Waals surface area contributed by atoms with Crippen molar-refractivity contribution in [3.63, 3.8) is 0 Å². The van der Waals surface area contributed by atoms with Crippen molar-refractivity contribution < 1.29 is 13.6 Å².